The van der Waals surface area contributed by atoms with Gasteiger partial charge >= 0.3 is 0 Å². The maximum Gasteiger partial charge on any atom is 0.226 e. The fourth-order valence-corrected chi connectivity index (χ4v) is 1.72. The van der Waals surface area contributed by atoms with Crippen LogP contribution in [0.15, 0.2) is 28.7 Å². The molecule has 0 bridgehead atoms. The van der Waals surface area contributed by atoms with Gasteiger partial charge in [0.2, 0.25) is 5.89 Å². The van der Waals surface area contributed by atoms with Gasteiger partial charge in [0.25, 0.3) is 0 Å². The Morgan fingerprint density at radius 2 is 2.00 bits per heavy atom. The van der Waals surface area contributed by atoms with Gasteiger partial charge in [0, 0.05) is 12.0 Å². The first-order chi connectivity index (χ1) is 7.72. The number of aryl methyl sites for hydroxylation is 2. The van der Waals surface area contributed by atoms with Crippen LogP contribution < -0.4 is 5.73 Å². The van der Waals surface area contributed by atoms with Crippen molar-refractivity contribution in [2.75, 3.05) is 6.54 Å². The Morgan fingerprint density at radius 3 is 2.69 bits per heavy atom. The summed E-state index contributed by atoms with van der Waals surface area (Å²) in [6.45, 7) is 4.58. The fourth-order valence-electron chi connectivity index (χ4n) is 1.72. The van der Waals surface area contributed by atoms with Gasteiger partial charge < -0.3 is 10.2 Å². The van der Waals surface area contributed by atoms with E-state index >= 15 is 0 Å². The molecule has 84 valence electrons. The average molecular weight is 216 g/mol. The molecule has 0 fully saturated rings. The molecule has 0 aliphatic carbocycles. The highest BCUT2D eigenvalue weighted by atomic mass is 16.4. The molecule has 0 saturated heterocycles. The van der Waals surface area contributed by atoms with Crippen molar-refractivity contribution in [3.05, 3.63) is 41.3 Å². The predicted octanol–water partition coefficient (Wildman–Crippen LogP) is 2.46. The van der Waals surface area contributed by atoms with Gasteiger partial charge in [0.05, 0.1) is 5.69 Å². The quantitative estimate of drug-likeness (QED) is 0.857. The topological polar surface area (TPSA) is 52.0 Å². The summed E-state index contributed by atoms with van der Waals surface area (Å²) in [4.78, 5) is 4.48. The lowest BCUT2D eigenvalue weighted by atomic mass is 10.1. The van der Waals surface area contributed by atoms with Crippen LogP contribution in [0.25, 0.3) is 11.5 Å². The number of benzene rings is 1. The van der Waals surface area contributed by atoms with Crippen LogP contribution in [0.2, 0.25) is 0 Å². The fraction of sp³-hybridized carbons (Fsp3) is 0.308. The third-order valence-electron chi connectivity index (χ3n) is 2.65. The Balaban J connectivity index is 2.42. The van der Waals surface area contributed by atoms with E-state index in [1.54, 1.807) is 0 Å². The second kappa shape index (κ2) is 4.49. The van der Waals surface area contributed by atoms with Crippen LogP contribution >= 0.6 is 0 Å². The zero-order valence-corrected chi connectivity index (χ0v) is 9.66. The minimum atomic E-state index is 0.598. The zero-order chi connectivity index (χ0) is 11.5. The Hall–Kier alpha value is -1.61. The average Bonchev–Trinajstić information content (AvgIpc) is 2.61. The lowest BCUT2D eigenvalue weighted by molar-refractivity contribution is 0.539. The smallest absolute Gasteiger partial charge is 0.226 e. The van der Waals surface area contributed by atoms with Gasteiger partial charge in [-0.1, -0.05) is 18.2 Å². The van der Waals surface area contributed by atoms with Crippen LogP contribution in [-0.4, -0.2) is 11.5 Å². The number of hydrogen-bond donors (Lipinski definition) is 1. The molecule has 0 aliphatic rings. The van der Waals surface area contributed by atoms with Gasteiger partial charge in [0.1, 0.15) is 5.76 Å². The Labute approximate surface area is 95.3 Å². The molecule has 0 unspecified atom stereocenters. The summed E-state index contributed by atoms with van der Waals surface area (Å²) < 4.78 is 5.67. The normalized spacial score (nSPS) is 10.7. The molecule has 2 aromatic rings. The van der Waals surface area contributed by atoms with Crippen molar-refractivity contribution >= 4 is 0 Å². The summed E-state index contributed by atoms with van der Waals surface area (Å²) in [5.74, 6) is 1.56. The van der Waals surface area contributed by atoms with E-state index in [1.807, 2.05) is 25.1 Å². The van der Waals surface area contributed by atoms with Gasteiger partial charge in [-0.25, -0.2) is 4.98 Å². The lowest BCUT2D eigenvalue weighted by Crippen LogP contribution is -2.03. The SMILES string of the molecule is Cc1ccccc1-c1nc(CCN)c(C)o1. The summed E-state index contributed by atoms with van der Waals surface area (Å²) in [5, 5.41) is 0. The summed E-state index contributed by atoms with van der Waals surface area (Å²) >= 11 is 0. The maximum absolute atomic E-state index is 5.67. The number of nitrogens with zero attached hydrogens (tertiary/aromatic N) is 1. The first-order valence-electron chi connectivity index (χ1n) is 5.44. The van der Waals surface area contributed by atoms with Crippen molar-refractivity contribution in [1.29, 1.82) is 0 Å². The zero-order valence-electron chi connectivity index (χ0n) is 9.66. The molecule has 0 saturated carbocycles. The van der Waals surface area contributed by atoms with Crippen LogP contribution in [0.5, 0.6) is 0 Å². The number of aromatic nitrogens is 1. The summed E-state index contributed by atoms with van der Waals surface area (Å²) in [6, 6.07) is 8.07. The first-order valence-corrected chi connectivity index (χ1v) is 5.44. The van der Waals surface area contributed by atoms with Crippen molar-refractivity contribution in [3.63, 3.8) is 0 Å². The minimum Gasteiger partial charge on any atom is -0.441 e. The summed E-state index contributed by atoms with van der Waals surface area (Å²) in [6.07, 6.45) is 0.765. The van der Waals surface area contributed by atoms with E-state index in [-0.39, 0.29) is 0 Å². The molecule has 2 N–H and O–H groups in total. The van der Waals surface area contributed by atoms with Gasteiger partial charge in [-0.05, 0) is 32.0 Å². The van der Waals surface area contributed by atoms with Gasteiger partial charge in [-0.2, -0.15) is 0 Å². The van der Waals surface area contributed by atoms with Crippen LogP contribution in [0.1, 0.15) is 17.0 Å². The highest BCUT2D eigenvalue weighted by Crippen LogP contribution is 2.24. The third-order valence-corrected chi connectivity index (χ3v) is 2.65. The molecule has 1 heterocycles. The van der Waals surface area contributed by atoms with Gasteiger partial charge in [-0.15, -0.1) is 0 Å². The number of nitrogens with two attached hydrogens (primary N) is 1. The molecule has 0 amide bonds. The van der Waals surface area contributed by atoms with Crippen LogP contribution in [0.4, 0.5) is 0 Å². The molecule has 3 heteroatoms. The Bertz CT molecular complexity index is 488. The molecule has 0 atom stereocenters. The monoisotopic (exact) mass is 216 g/mol. The van der Waals surface area contributed by atoms with E-state index in [1.165, 1.54) is 5.56 Å². The lowest BCUT2D eigenvalue weighted by Gasteiger charge is -1.99. The van der Waals surface area contributed by atoms with E-state index in [4.69, 9.17) is 10.2 Å². The Kier molecular flexibility index (Phi) is 3.06. The van der Waals surface area contributed by atoms with Crippen molar-refractivity contribution in [2.45, 2.75) is 20.3 Å². The van der Waals surface area contributed by atoms with Crippen molar-refractivity contribution in [3.8, 4) is 11.5 Å². The molecule has 2 rings (SSSR count). The Morgan fingerprint density at radius 1 is 1.25 bits per heavy atom. The standard InChI is InChI=1S/C13H16N2O/c1-9-5-3-4-6-11(9)13-15-12(7-8-14)10(2)16-13/h3-6H,7-8,14H2,1-2H3. The molecule has 1 aromatic heterocycles. The molecule has 16 heavy (non-hydrogen) atoms. The molecule has 1 aromatic carbocycles. The first kappa shape index (κ1) is 10.9. The molecule has 0 radical (unpaired) electrons. The van der Waals surface area contributed by atoms with Gasteiger partial charge in [-0.3, -0.25) is 0 Å². The maximum atomic E-state index is 5.67. The molecule has 0 aliphatic heterocycles. The van der Waals surface area contributed by atoms with E-state index in [9.17, 15) is 0 Å². The van der Waals surface area contributed by atoms with E-state index in [0.717, 1.165) is 23.4 Å². The van der Waals surface area contributed by atoms with Crippen molar-refractivity contribution in [2.24, 2.45) is 5.73 Å². The molecular weight excluding hydrogens is 200 g/mol. The molecule has 0 spiro atoms. The number of rotatable bonds is 3. The van der Waals surface area contributed by atoms with E-state index in [0.29, 0.717) is 12.4 Å². The number of oxazole rings is 1. The highest BCUT2D eigenvalue weighted by Gasteiger charge is 2.11. The van der Waals surface area contributed by atoms with E-state index in [2.05, 4.69) is 18.0 Å². The van der Waals surface area contributed by atoms with E-state index < -0.39 is 0 Å². The van der Waals surface area contributed by atoms with Crippen LogP contribution in [0.3, 0.4) is 0 Å². The number of hydrogen-bond acceptors (Lipinski definition) is 3. The van der Waals surface area contributed by atoms with Crippen LogP contribution in [-0.2, 0) is 6.42 Å². The predicted molar refractivity (Wildman–Crippen MR) is 64.2 cm³/mol. The second-order valence-corrected chi connectivity index (χ2v) is 3.88. The van der Waals surface area contributed by atoms with Crippen molar-refractivity contribution < 1.29 is 4.42 Å². The van der Waals surface area contributed by atoms with Crippen LogP contribution in [0, 0.1) is 13.8 Å². The molecular formula is C13H16N2O. The second-order valence-electron chi connectivity index (χ2n) is 3.88. The largest absolute Gasteiger partial charge is 0.441 e. The van der Waals surface area contributed by atoms with Gasteiger partial charge in [0.15, 0.2) is 0 Å². The van der Waals surface area contributed by atoms with Crippen molar-refractivity contribution in [1.82, 2.24) is 4.98 Å². The summed E-state index contributed by atoms with van der Waals surface area (Å²) in [7, 11) is 0. The minimum absolute atomic E-state index is 0.598. The highest BCUT2D eigenvalue weighted by molar-refractivity contribution is 5.58. The molecule has 3 nitrogen and oxygen atoms in total. The summed E-state index contributed by atoms with van der Waals surface area (Å²) in [5.41, 5.74) is 8.70. The third kappa shape index (κ3) is 1.99.